The summed E-state index contributed by atoms with van der Waals surface area (Å²) in [5.41, 5.74) is 3.75. The lowest BCUT2D eigenvalue weighted by Gasteiger charge is -2.37. The Morgan fingerprint density at radius 3 is 2.34 bits per heavy atom. The van der Waals surface area contributed by atoms with E-state index < -0.39 is 6.03 Å². The van der Waals surface area contributed by atoms with Gasteiger partial charge >= 0.3 is 6.03 Å². The molecule has 2 saturated heterocycles. The topological polar surface area (TPSA) is 159 Å². The minimum absolute atomic E-state index is 0.0150. The van der Waals surface area contributed by atoms with Crippen LogP contribution in [0.1, 0.15) is 79.5 Å². The van der Waals surface area contributed by atoms with Crippen LogP contribution in [0.15, 0.2) is 47.7 Å². The summed E-state index contributed by atoms with van der Waals surface area (Å²) in [7, 11) is 2.12. The van der Waals surface area contributed by atoms with Gasteiger partial charge in [0.1, 0.15) is 11.5 Å². The Bertz CT molecular complexity index is 1980. The van der Waals surface area contributed by atoms with Crippen LogP contribution in [0, 0.1) is 6.92 Å². The number of Topliss-reactive ketones (excluding diaryl/α,β-unsaturated/α-hetero) is 1. The summed E-state index contributed by atoms with van der Waals surface area (Å²) in [4.78, 5) is 74.3. The summed E-state index contributed by atoms with van der Waals surface area (Å²) in [5.74, 6) is 0.453. The molecule has 14 heteroatoms. The Kier molecular flexibility index (Phi) is 9.27. The lowest BCUT2D eigenvalue weighted by molar-refractivity contribution is -0.120. The number of imide groups is 1. The fourth-order valence-electron chi connectivity index (χ4n) is 7.50. The highest BCUT2D eigenvalue weighted by molar-refractivity contribution is 6.05. The van der Waals surface area contributed by atoms with Crippen molar-refractivity contribution in [3.63, 3.8) is 0 Å². The molecule has 7 rings (SSSR count). The van der Waals surface area contributed by atoms with Crippen molar-refractivity contribution in [1.29, 1.82) is 0 Å². The van der Waals surface area contributed by atoms with Gasteiger partial charge in [-0.05, 0) is 76.4 Å². The Morgan fingerprint density at radius 2 is 1.68 bits per heavy atom. The zero-order valence-corrected chi connectivity index (χ0v) is 28.7. The van der Waals surface area contributed by atoms with Crippen molar-refractivity contribution < 1.29 is 14.4 Å². The van der Waals surface area contributed by atoms with Gasteiger partial charge < -0.3 is 10.2 Å². The summed E-state index contributed by atoms with van der Waals surface area (Å²) in [5, 5.41) is 6.26. The van der Waals surface area contributed by atoms with E-state index in [2.05, 4.69) is 42.4 Å². The third-order valence-electron chi connectivity index (χ3n) is 10.3. The maximum atomic E-state index is 13.5. The number of aromatic nitrogens is 5. The number of pyridine rings is 3. The lowest BCUT2D eigenvalue weighted by Crippen LogP contribution is -2.49. The van der Waals surface area contributed by atoms with E-state index in [1.807, 2.05) is 30.5 Å². The molecular weight excluding hydrogens is 636 g/mol. The molecule has 0 aromatic carbocycles. The first-order valence-corrected chi connectivity index (χ1v) is 17.3. The van der Waals surface area contributed by atoms with Crippen LogP contribution < -0.4 is 26.0 Å². The van der Waals surface area contributed by atoms with E-state index in [4.69, 9.17) is 4.98 Å². The van der Waals surface area contributed by atoms with E-state index in [0.29, 0.717) is 53.2 Å². The molecule has 3 fully saturated rings. The Balaban J connectivity index is 0.968. The zero-order chi connectivity index (χ0) is 34.9. The van der Waals surface area contributed by atoms with Gasteiger partial charge in [-0.1, -0.05) is 12.8 Å². The van der Waals surface area contributed by atoms with Crippen molar-refractivity contribution in [2.24, 2.45) is 0 Å². The predicted molar refractivity (Wildman–Crippen MR) is 190 cm³/mol. The molecule has 2 N–H and O–H groups in total. The normalized spacial score (nSPS) is 17.5. The van der Waals surface area contributed by atoms with Crippen molar-refractivity contribution in [3.8, 4) is 0 Å². The predicted octanol–water partition coefficient (Wildman–Crippen LogP) is 4.50. The summed E-state index contributed by atoms with van der Waals surface area (Å²) in [6.45, 7) is 6.07. The third kappa shape index (κ3) is 6.67. The molecule has 0 radical (unpaired) electrons. The molecule has 0 bridgehead atoms. The van der Waals surface area contributed by atoms with Gasteiger partial charge in [-0.15, -0.1) is 0 Å². The van der Waals surface area contributed by atoms with Gasteiger partial charge in [0.25, 0.3) is 5.56 Å². The number of ketones is 1. The number of hydrogen-bond acceptors (Lipinski definition) is 11. The molecule has 50 heavy (non-hydrogen) atoms. The fraction of sp³-hybridized carbons (Fsp3) is 0.444. The number of piperidine rings is 1. The highest BCUT2D eigenvalue weighted by Gasteiger charge is 2.27. The van der Waals surface area contributed by atoms with Crippen LogP contribution in [0.2, 0.25) is 0 Å². The molecule has 4 aromatic rings. The number of anilines is 4. The van der Waals surface area contributed by atoms with Gasteiger partial charge in [0.05, 0.1) is 35.0 Å². The van der Waals surface area contributed by atoms with Crippen molar-refractivity contribution in [2.75, 3.05) is 41.8 Å². The van der Waals surface area contributed by atoms with Crippen LogP contribution in [0.4, 0.5) is 27.9 Å². The molecule has 1 aliphatic carbocycles. The summed E-state index contributed by atoms with van der Waals surface area (Å²) in [6.07, 6.45) is 11.4. The van der Waals surface area contributed by atoms with E-state index >= 15 is 0 Å². The quantitative estimate of drug-likeness (QED) is 0.240. The lowest BCUT2D eigenvalue weighted by atomic mass is 10.0. The molecule has 1 saturated carbocycles. The van der Waals surface area contributed by atoms with E-state index in [-0.39, 0.29) is 35.3 Å². The number of carbonyl (C=O) groups is 3. The first-order chi connectivity index (χ1) is 24.2. The number of hydrogen-bond donors (Lipinski definition) is 2. The fourth-order valence-corrected chi connectivity index (χ4v) is 7.50. The molecule has 6 heterocycles. The maximum Gasteiger partial charge on any atom is 0.328 e. The van der Waals surface area contributed by atoms with Crippen LogP contribution >= 0.6 is 0 Å². The number of carbonyl (C=O) groups excluding carboxylic acids is 3. The zero-order valence-electron chi connectivity index (χ0n) is 28.7. The molecule has 14 nitrogen and oxygen atoms in total. The van der Waals surface area contributed by atoms with E-state index in [0.717, 1.165) is 63.0 Å². The summed E-state index contributed by atoms with van der Waals surface area (Å²) < 4.78 is 1.71. The number of rotatable bonds is 9. The minimum atomic E-state index is -0.410. The Labute approximate surface area is 289 Å². The molecule has 4 aromatic heterocycles. The number of nitrogens with zero attached hydrogens (tertiary/aromatic N) is 8. The van der Waals surface area contributed by atoms with Crippen LogP contribution in [-0.2, 0) is 11.3 Å². The number of urea groups is 1. The smallest absolute Gasteiger partial charge is 0.328 e. The molecule has 260 valence electrons. The average Bonchev–Trinajstić information content (AvgIpc) is 3.64. The van der Waals surface area contributed by atoms with Gasteiger partial charge in [0.15, 0.2) is 5.78 Å². The first kappa shape index (κ1) is 33.3. The number of nitrogens with one attached hydrogen (secondary N) is 2. The second kappa shape index (κ2) is 13.9. The van der Waals surface area contributed by atoms with Crippen molar-refractivity contribution >= 4 is 51.9 Å². The highest BCUT2D eigenvalue weighted by atomic mass is 16.2. The summed E-state index contributed by atoms with van der Waals surface area (Å²) in [6, 6.07) is 7.79. The largest absolute Gasteiger partial charge is 0.370 e. The monoisotopic (exact) mass is 678 g/mol. The number of fused-ring (bicyclic) bond motifs is 1. The van der Waals surface area contributed by atoms with Crippen molar-refractivity contribution in [2.45, 2.75) is 77.4 Å². The van der Waals surface area contributed by atoms with Gasteiger partial charge in [-0.2, -0.15) is 4.98 Å². The Morgan fingerprint density at radius 1 is 0.940 bits per heavy atom. The maximum absolute atomic E-state index is 13.5. The molecule has 3 aliphatic rings. The average molecular weight is 679 g/mol. The van der Waals surface area contributed by atoms with Crippen LogP contribution in [-0.4, -0.2) is 79.8 Å². The van der Waals surface area contributed by atoms with E-state index in [9.17, 15) is 19.2 Å². The minimum Gasteiger partial charge on any atom is -0.370 e. The van der Waals surface area contributed by atoms with Crippen LogP contribution in [0.3, 0.4) is 0 Å². The van der Waals surface area contributed by atoms with E-state index in [1.165, 1.54) is 11.8 Å². The molecule has 3 amide bonds. The molecule has 2 aliphatic heterocycles. The molecule has 0 spiro atoms. The van der Waals surface area contributed by atoms with Crippen molar-refractivity contribution in [1.82, 2.24) is 34.7 Å². The van der Waals surface area contributed by atoms with Gasteiger partial charge in [-0.3, -0.25) is 39.1 Å². The van der Waals surface area contributed by atoms with Gasteiger partial charge in [-0.25, -0.2) is 14.8 Å². The van der Waals surface area contributed by atoms with Gasteiger partial charge in [0, 0.05) is 56.3 Å². The summed E-state index contributed by atoms with van der Waals surface area (Å²) >= 11 is 0. The van der Waals surface area contributed by atoms with Crippen molar-refractivity contribution in [3.05, 3.63) is 70.0 Å². The number of aryl methyl sites for hydroxylation is 1. The standard InChI is InChI=1S/C36H42N10O4/c1-22-29-20-39-35(42-33(29)46(26-6-4-5-7-26)34(49)32(22)23(2)47)40-30-11-10-27(18-38-30)44-15-12-25(13-16-44)43(3)21-24-8-9-28(19-37-24)45-17-14-31(48)41-36(45)50/h8-11,18-20,25-26H,4-7,12-17,21H2,1-3H3,(H,41,48,50)(H,38,39,40,42). The van der Waals surface area contributed by atoms with Crippen LogP contribution in [0.5, 0.6) is 0 Å². The molecule has 0 atom stereocenters. The van der Waals surface area contributed by atoms with E-state index in [1.54, 1.807) is 23.9 Å². The Hall–Kier alpha value is -5.24. The second-order valence-corrected chi connectivity index (χ2v) is 13.5. The third-order valence-corrected chi connectivity index (χ3v) is 10.3. The SMILES string of the molecule is CC(=O)c1c(C)c2cnc(Nc3ccc(N4CCC(N(C)Cc5ccc(N6CCC(=O)NC6=O)cn5)CC4)cn3)nc2n(C2CCCC2)c1=O. The first-order valence-electron chi connectivity index (χ1n) is 17.3. The highest BCUT2D eigenvalue weighted by Crippen LogP contribution is 2.32. The van der Waals surface area contributed by atoms with Crippen LogP contribution in [0.25, 0.3) is 11.0 Å². The van der Waals surface area contributed by atoms with Gasteiger partial charge in [0.2, 0.25) is 11.9 Å². The number of amides is 3. The molecular formula is C36H42N10O4. The second-order valence-electron chi connectivity index (χ2n) is 13.5. The molecule has 0 unspecified atom stereocenters.